The summed E-state index contributed by atoms with van der Waals surface area (Å²) in [6.07, 6.45) is 4.32. The molecule has 2 N–H and O–H groups in total. The number of urea groups is 1. The van der Waals surface area contributed by atoms with E-state index in [0.29, 0.717) is 25.0 Å². The Kier molecular flexibility index (Phi) is 8.12. The zero-order chi connectivity index (χ0) is 20.6. The van der Waals surface area contributed by atoms with Crippen LogP contribution in [-0.2, 0) is 11.3 Å². The normalized spacial score (nSPS) is 19.9. The fraction of sp³-hybridized carbons (Fsp3) is 0.727. The van der Waals surface area contributed by atoms with Gasteiger partial charge in [0.1, 0.15) is 5.82 Å². The molecule has 1 aromatic heterocycles. The number of aromatic nitrogens is 1. The first-order valence-corrected chi connectivity index (χ1v) is 11.1. The third-order valence-corrected chi connectivity index (χ3v) is 6.13. The van der Waals surface area contributed by atoms with E-state index in [9.17, 15) is 4.79 Å². The van der Waals surface area contributed by atoms with Gasteiger partial charge in [0, 0.05) is 38.4 Å². The minimum atomic E-state index is -0.106. The van der Waals surface area contributed by atoms with Crippen molar-refractivity contribution in [3.63, 3.8) is 0 Å². The van der Waals surface area contributed by atoms with E-state index in [2.05, 4.69) is 52.3 Å². The fourth-order valence-electron chi connectivity index (χ4n) is 4.12. The molecule has 2 aliphatic rings. The molecule has 0 spiro atoms. The Bertz CT molecular complexity index is 640. The zero-order valence-electron chi connectivity index (χ0n) is 18.2. The predicted molar refractivity (Wildman–Crippen MR) is 116 cm³/mol. The molecule has 2 saturated heterocycles. The maximum atomic E-state index is 12.4. The predicted octanol–water partition coefficient (Wildman–Crippen LogP) is 2.47. The Morgan fingerprint density at radius 2 is 1.93 bits per heavy atom. The van der Waals surface area contributed by atoms with Gasteiger partial charge in [0.2, 0.25) is 0 Å². The average Bonchev–Trinajstić information content (AvgIpc) is 2.74. The molecule has 3 heterocycles. The number of piperidine rings is 1. The average molecular weight is 404 g/mol. The quantitative estimate of drug-likeness (QED) is 0.732. The van der Waals surface area contributed by atoms with E-state index in [-0.39, 0.29) is 6.03 Å². The summed E-state index contributed by atoms with van der Waals surface area (Å²) < 4.78 is 5.40. The second-order valence-corrected chi connectivity index (χ2v) is 8.72. The number of pyridine rings is 1. The van der Waals surface area contributed by atoms with Crippen molar-refractivity contribution in [1.29, 1.82) is 0 Å². The fourth-order valence-corrected chi connectivity index (χ4v) is 4.12. The molecule has 2 fully saturated rings. The summed E-state index contributed by atoms with van der Waals surface area (Å²) in [6, 6.07) is 4.29. The van der Waals surface area contributed by atoms with Crippen molar-refractivity contribution in [1.82, 2.24) is 20.5 Å². The number of carbonyl (C=O) groups excluding carboxylic acids is 1. The summed E-state index contributed by atoms with van der Waals surface area (Å²) in [7, 11) is 0. The lowest BCUT2D eigenvalue weighted by Crippen LogP contribution is -2.51. The first-order chi connectivity index (χ1) is 14.0. The summed E-state index contributed by atoms with van der Waals surface area (Å²) in [5.74, 6) is 2.28. The van der Waals surface area contributed by atoms with E-state index in [1.807, 2.05) is 12.3 Å². The minimum absolute atomic E-state index is 0.106. The van der Waals surface area contributed by atoms with Crippen LogP contribution in [0.2, 0.25) is 0 Å². The third-order valence-electron chi connectivity index (χ3n) is 6.13. The smallest absolute Gasteiger partial charge is 0.315 e. The van der Waals surface area contributed by atoms with Crippen LogP contribution >= 0.6 is 0 Å². The summed E-state index contributed by atoms with van der Waals surface area (Å²) in [5, 5.41) is 6.08. The molecule has 1 aromatic rings. The summed E-state index contributed by atoms with van der Waals surface area (Å²) in [4.78, 5) is 21.6. The number of carbonyl (C=O) groups is 1. The van der Waals surface area contributed by atoms with E-state index in [4.69, 9.17) is 4.74 Å². The number of nitrogens with one attached hydrogen (secondary N) is 2. The van der Waals surface area contributed by atoms with Crippen LogP contribution in [0.5, 0.6) is 0 Å². The van der Waals surface area contributed by atoms with E-state index < -0.39 is 0 Å². The highest BCUT2D eigenvalue weighted by atomic mass is 16.5. The van der Waals surface area contributed by atoms with E-state index in [1.54, 1.807) is 0 Å². The molecule has 0 saturated carbocycles. The Hall–Kier alpha value is -1.86. The number of hydrogen-bond acceptors (Lipinski definition) is 5. The minimum Gasteiger partial charge on any atom is -0.378 e. The summed E-state index contributed by atoms with van der Waals surface area (Å²) >= 11 is 0. The van der Waals surface area contributed by atoms with Crippen LogP contribution in [0.15, 0.2) is 18.3 Å². The van der Waals surface area contributed by atoms with Crippen molar-refractivity contribution < 1.29 is 9.53 Å². The van der Waals surface area contributed by atoms with Gasteiger partial charge in [0.05, 0.1) is 13.2 Å². The molecule has 0 aliphatic carbocycles. The molecule has 0 radical (unpaired) electrons. The molecular formula is C22H37N5O2. The van der Waals surface area contributed by atoms with Gasteiger partial charge in [-0.2, -0.15) is 0 Å². The number of rotatable bonds is 7. The second kappa shape index (κ2) is 10.8. The van der Waals surface area contributed by atoms with Crippen molar-refractivity contribution in [2.75, 3.05) is 50.8 Å². The van der Waals surface area contributed by atoms with Gasteiger partial charge in [-0.15, -0.1) is 0 Å². The Labute approximate surface area is 175 Å². The van der Waals surface area contributed by atoms with Gasteiger partial charge in [-0.1, -0.05) is 20.8 Å². The number of likely N-dealkylation sites (tertiary alicyclic amines) is 1. The monoisotopic (exact) mass is 403 g/mol. The summed E-state index contributed by atoms with van der Waals surface area (Å²) in [6.45, 7) is 13.5. The van der Waals surface area contributed by atoms with Crippen LogP contribution in [0.25, 0.3) is 0 Å². The van der Waals surface area contributed by atoms with Crippen LogP contribution in [0, 0.1) is 11.8 Å². The lowest BCUT2D eigenvalue weighted by atomic mass is 9.94. The highest BCUT2D eigenvalue weighted by molar-refractivity contribution is 5.73. The first-order valence-electron chi connectivity index (χ1n) is 11.1. The molecule has 2 amide bonds. The largest absolute Gasteiger partial charge is 0.378 e. The van der Waals surface area contributed by atoms with Gasteiger partial charge in [0.25, 0.3) is 0 Å². The Morgan fingerprint density at radius 1 is 1.21 bits per heavy atom. The van der Waals surface area contributed by atoms with Gasteiger partial charge >= 0.3 is 6.03 Å². The number of nitrogens with zero attached hydrogens (tertiary/aromatic N) is 3. The van der Waals surface area contributed by atoms with Crippen LogP contribution < -0.4 is 15.5 Å². The van der Waals surface area contributed by atoms with Gasteiger partial charge < -0.3 is 20.3 Å². The molecule has 1 unspecified atom stereocenters. The van der Waals surface area contributed by atoms with Gasteiger partial charge in [-0.25, -0.2) is 9.78 Å². The van der Waals surface area contributed by atoms with Crippen LogP contribution in [0.4, 0.5) is 10.6 Å². The molecule has 1 atom stereocenters. The van der Waals surface area contributed by atoms with E-state index in [0.717, 1.165) is 56.7 Å². The summed E-state index contributed by atoms with van der Waals surface area (Å²) in [5.41, 5.74) is 1.06. The second-order valence-electron chi connectivity index (χ2n) is 8.72. The zero-order valence-corrected chi connectivity index (χ0v) is 18.2. The van der Waals surface area contributed by atoms with Gasteiger partial charge in [-0.3, -0.25) is 4.90 Å². The van der Waals surface area contributed by atoms with Crippen molar-refractivity contribution in [3.8, 4) is 0 Å². The van der Waals surface area contributed by atoms with E-state index in [1.165, 1.54) is 12.8 Å². The molecule has 7 nitrogen and oxygen atoms in total. The lowest BCUT2D eigenvalue weighted by molar-refractivity contribution is 0.108. The Balaban J connectivity index is 1.45. The van der Waals surface area contributed by atoms with Crippen LogP contribution in [-0.4, -0.2) is 67.9 Å². The molecule has 29 heavy (non-hydrogen) atoms. The molecule has 2 aliphatic heterocycles. The number of amides is 2. The molecule has 3 rings (SSSR count). The van der Waals surface area contributed by atoms with Gasteiger partial charge in [0.15, 0.2) is 0 Å². The maximum Gasteiger partial charge on any atom is 0.315 e. The molecular weight excluding hydrogens is 366 g/mol. The standard InChI is InChI=1S/C22H37N5O2/c1-17(2)20(26-8-5-18(3)6-9-26)16-25-22(28)24-15-19-4-7-23-21(14-19)27-10-12-29-13-11-27/h4,7,14,17-18,20H,5-6,8-13,15-16H2,1-3H3,(H2,24,25,28). The number of hydrogen-bond donors (Lipinski definition) is 2. The topological polar surface area (TPSA) is 69.7 Å². The van der Waals surface area contributed by atoms with E-state index >= 15 is 0 Å². The molecule has 162 valence electrons. The highest BCUT2D eigenvalue weighted by Gasteiger charge is 2.25. The maximum absolute atomic E-state index is 12.4. The van der Waals surface area contributed by atoms with Crippen LogP contribution in [0.1, 0.15) is 39.2 Å². The molecule has 7 heteroatoms. The third kappa shape index (κ3) is 6.57. The number of morpholine rings is 1. The van der Waals surface area contributed by atoms with Crippen molar-refractivity contribution in [2.24, 2.45) is 11.8 Å². The van der Waals surface area contributed by atoms with Crippen molar-refractivity contribution in [3.05, 3.63) is 23.9 Å². The van der Waals surface area contributed by atoms with Crippen molar-refractivity contribution in [2.45, 2.75) is 46.2 Å². The molecule has 0 bridgehead atoms. The number of ether oxygens (including phenoxy) is 1. The first kappa shape index (κ1) is 21.8. The molecule has 0 aromatic carbocycles. The van der Waals surface area contributed by atoms with Crippen molar-refractivity contribution >= 4 is 11.8 Å². The highest BCUT2D eigenvalue weighted by Crippen LogP contribution is 2.21. The van der Waals surface area contributed by atoms with Gasteiger partial charge in [-0.05, 0) is 55.5 Å². The number of anilines is 1. The SMILES string of the molecule is CC1CCN(C(CNC(=O)NCc2ccnc(N3CCOCC3)c2)C(C)C)CC1. The lowest BCUT2D eigenvalue weighted by Gasteiger charge is -2.38. The Morgan fingerprint density at radius 3 is 2.62 bits per heavy atom. The van der Waals surface area contributed by atoms with Crippen LogP contribution in [0.3, 0.4) is 0 Å².